The standard InChI is InChI=1S/C14H23NS/c1-11(2)9-14(7-4-8-15-14)10-13-6-5-12(3)16-13/h5-6,11,15H,4,7-10H2,1-3H3. The summed E-state index contributed by atoms with van der Waals surface area (Å²) < 4.78 is 0. The van der Waals surface area contributed by atoms with Gasteiger partial charge >= 0.3 is 0 Å². The highest BCUT2D eigenvalue weighted by atomic mass is 32.1. The third-order valence-corrected chi connectivity index (χ3v) is 4.44. The lowest BCUT2D eigenvalue weighted by Crippen LogP contribution is -2.42. The molecular formula is C14H23NS. The fraction of sp³-hybridized carbons (Fsp3) is 0.714. The van der Waals surface area contributed by atoms with Gasteiger partial charge in [-0.3, -0.25) is 0 Å². The lowest BCUT2D eigenvalue weighted by Gasteiger charge is -2.31. The highest BCUT2D eigenvalue weighted by Gasteiger charge is 2.34. The van der Waals surface area contributed by atoms with E-state index in [4.69, 9.17) is 0 Å². The summed E-state index contributed by atoms with van der Waals surface area (Å²) in [7, 11) is 0. The topological polar surface area (TPSA) is 12.0 Å². The van der Waals surface area contributed by atoms with E-state index in [9.17, 15) is 0 Å². The summed E-state index contributed by atoms with van der Waals surface area (Å²) in [5, 5.41) is 3.77. The molecule has 1 nitrogen and oxygen atoms in total. The zero-order valence-corrected chi connectivity index (χ0v) is 11.5. The van der Waals surface area contributed by atoms with E-state index in [0.29, 0.717) is 5.54 Å². The van der Waals surface area contributed by atoms with E-state index >= 15 is 0 Å². The highest BCUT2D eigenvalue weighted by molar-refractivity contribution is 7.11. The van der Waals surface area contributed by atoms with Crippen molar-refractivity contribution in [1.82, 2.24) is 5.32 Å². The third-order valence-electron chi connectivity index (χ3n) is 3.44. The molecule has 2 heteroatoms. The smallest absolute Gasteiger partial charge is 0.0232 e. The van der Waals surface area contributed by atoms with Gasteiger partial charge in [0.2, 0.25) is 0 Å². The Kier molecular flexibility index (Phi) is 3.70. The fourth-order valence-corrected chi connectivity index (χ4v) is 4.00. The molecule has 0 amide bonds. The van der Waals surface area contributed by atoms with Crippen molar-refractivity contribution in [3.63, 3.8) is 0 Å². The van der Waals surface area contributed by atoms with Crippen LogP contribution in [0.15, 0.2) is 12.1 Å². The van der Waals surface area contributed by atoms with Gasteiger partial charge < -0.3 is 5.32 Å². The van der Waals surface area contributed by atoms with Crippen LogP contribution in [0.25, 0.3) is 0 Å². The molecule has 1 atom stereocenters. The molecule has 1 aliphatic heterocycles. The normalized spacial score (nSPS) is 25.5. The van der Waals surface area contributed by atoms with E-state index < -0.39 is 0 Å². The summed E-state index contributed by atoms with van der Waals surface area (Å²) >= 11 is 1.96. The zero-order valence-electron chi connectivity index (χ0n) is 10.7. The second-order valence-corrected chi connectivity index (χ2v) is 6.97. The molecule has 1 aromatic rings. The predicted octanol–water partition coefficient (Wildman–Crippen LogP) is 3.77. The minimum Gasteiger partial charge on any atom is -0.311 e. The highest BCUT2D eigenvalue weighted by Crippen LogP contribution is 2.32. The molecule has 1 fully saturated rings. The Morgan fingerprint density at radius 2 is 2.25 bits per heavy atom. The van der Waals surface area contributed by atoms with Gasteiger partial charge in [-0.15, -0.1) is 11.3 Å². The zero-order chi connectivity index (χ0) is 11.6. The molecule has 0 bridgehead atoms. The first-order chi connectivity index (χ1) is 7.60. The average molecular weight is 237 g/mol. The molecule has 2 heterocycles. The van der Waals surface area contributed by atoms with Crippen molar-refractivity contribution in [2.45, 2.75) is 52.0 Å². The van der Waals surface area contributed by atoms with Crippen LogP contribution in [0.5, 0.6) is 0 Å². The maximum Gasteiger partial charge on any atom is 0.0232 e. The second kappa shape index (κ2) is 4.89. The predicted molar refractivity (Wildman–Crippen MR) is 72.2 cm³/mol. The Hall–Kier alpha value is -0.340. The van der Waals surface area contributed by atoms with Crippen LogP contribution in [-0.4, -0.2) is 12.1 Å². The van der Waals surface area contributed by atoms with E-state index in [0.717, 1.165) is 5.92 Å². The molecule has 0 aromatic carbocycles. The summed E-state index contributed by atoms with van der Waals surface area (Å²) in [4.78, 5) is 2.99. The molecule has 0 aliphatic carbocycles. The van der Waals surface area contributed by atoms with Crippen LogP contribution in [0.2, 0.25) is 0 Å². The first kappa shape index (κ1) is 12.1. The van der Waals surface area contributed by atoms with Crippen molar-refractivity contribution in [3.05, 3.63) is 21.9 Å². The first-order valence-corrected chi connectivity index (χ1v) is 7.22. The molecule has 16 heavy (non-hydrogen) atoms. The van der Waals surface area contributed by atoms with Crippen molar-refractivity contribution < 1.29 is 0 Å². The van der Waals surface area contributed by atoms with Crippen LogP contribution >= 0.6 is 11.3 Å². The average Bonchev–Trinajstić information content (AvgIpc) is 2.76. The van der Waals surface area contributed by atoms with Crippen molar-refractivity contribution in [2.24, 2.45) is 5.92 Å². The van der Waals surface area contributed by atoms with Crippen molar-refractivity contribution >= 4 is 11.3 Å². The molecule has 90 valence electrons. The largest absolute Gasteiger partial charge is 0.311 e. The van der Waals surface area contributed by atoms with E-state index in [1.165, 1.54) is 37.1 Å². The molecule has 1 aromatic heterocycles. The Labute approximate surface area is 103 Å². The summed E-state index contributed by atoms with van der Waals surface area (Å²) in [6.45, 7) is 8.07. The lowest BCUT2D eigenvalue weighted by atomic mass is 9.84. The molecule has 0 saturated carbocycles. The first-order valence-electron chi connectivity index (χ1n) is 6.40. The van der Waals surface area contributed by atoms with Gasteiger partial charge in [0.25, 0.3) is 0 Å². The van der Waals surface area contributed by atoms with Gasteiger partial charge in [-0.25, -0.2) is 0 Å². The van der Waals surface area contributed by atoms with Crippen LogP contribution in [0, 0.1) is 12.8 Å². The fourth-order valence-electron chi connectivity index (χ4n) is 2.96. The monoisotopic (exact) mass is 237 g/mol. The van der Waals surface area contributed by atoms with Crippen LogP contribution in [0.1, 0.15) is 42.9 Å². The van der Waals surface area contributed by atoms with E-state index in [1.807, 2.05) is 11.3 Å². The van der Waals surface area contributed by atoms with Crippen LogP contribution in [0.3, 0.4) is 0 Å². The van der Waals surface area contributed by atoms with Gasteiger partial charge in [0.05, 0.1) is 0 Å². The molecule has 1 N–H and O–H groups in total. The molecule has 0 spiro atoms. The van der Waals surface area contributed by atoms with Crippen LogP contribution in [-0.2, 0) is 6.42 Å². The van der Waals surface area contributed by atoms with E-state index in [1.54, 1.807) is 4.88 Å². The minimum atomic E-state index is 0.394. The second-order valence-electron chi connectivity index (χ2n) is 5.60. The number of hydrogen-bond donors (Lipinski definition) is 1. The van der Waals surface area contributed by atoms with Gasteiger partial charge in [0, 0.05) is 15.3 Å². The maximum absolute atomic E-state index is 3.77. The minimum absolute atomic E-state index is 0.394. The SMILES string of the molecule is Cc1ccc(CC2(CC(C)C)CCCN2)s1. The Balaban J connectivity index is 2.08. The summed E-state index contributed by atoms with van der Waals surface area (Å²) in [6, 6.07) is 4.56. The van der Waals surface area contributed by atoms with Crippen molar-refractivity contribution in [1.29, 1.82) is 0 Å². The molecule has 1 saturated heterocycles. The Morgan fingerprint density at radius 1 is 1.44 bits per heavy atom. The molecule has 2 rings (SSSR count). The summed E-state index contributed by atoms with van der Waals surface area (Å²) in [5.41, 5.74) is 0.394. The van der Waals surface area contributed by atoms with Gasteiger partial charge in [-0.1, -0.05) is 13.8 Å². The number of hydrogen-bond acceptors (Lipinski definition) is 2. The molecular weight excluding hydrogens is 214 g/mol. The maximum atomic E-state index is 3.77. The molecule has 0 radical (unpaired) electrons. The van der Waals surface area contributed by atoms with Gasteiger partial charge in [-0.05, 0) is 57.2 Å². The van der Waals surface area contributed by atoms with Crippen molar-refractivity contribution in [3.8, 4) is 0 Å². The van der Waals surface area contributed by atoms with E-state index in [2.05, 4.69) is 38.2 Å². The summed E-state index contributed by atoms with van der Waals surface area (Å²) in [6.07, 6.45) is 5.23. The van der Waals surface area contributed by atoms with Gasteiger partial charge in [-0.2, -0.15) is 0 Å². The number of rotatable bonds is 4. The van der Waals surface area contributed by atoms with Crippen LogP contribution < -0.4 is 5.32 Å². The Bertz CT molecular complexity index is 334. The van der Waals surface area contributed by atoms with Gasteiger partial charge in [0.1, 0.15) is 0 Å². The lowest BCUT2D eigenvalue weighted by molar-refractivity contribution is 0.303. The van der Waals surface area contributed by atoms with E-state index in [-0.39, 0.29) is 0 Å². The van der Waals surface area contributed by atoms with Crippen LogP contribution in [0.4, 0.5) is 0 Å². The quantitative estimate of drug-likeness (QED) is 0.840. The van der Waals surface area contributed by atoms with Crippen molar-refractivity contribution in [2.75, 3.05) is 6.54 Å². The molecule has 1 aliphatic rings. The number of thiophene rings is 1. The molecule has 1 unspecified atom stereocenters. The number of aryl methyl sites for hydroxylation is 1. The summed E-state index contributed by atoms with van der Waals surface area (Å²) in [5.74, 6) is 0.784. The Morgan fingerprint density at radius 3 is 2.75 bits per heavy atom. The van der Waals surface area contributed by atoms with Gasteiger partial charge in [0.15, 0.2) is 0 Å². The number of nitrogens with one attached hydrogen (secondary N) is 1. The third kappa shape index (κ3) is 2.86.